The van der Waals surface area contributed by atoms with Gasteiger partial charge in [0.25, 0.3) is 5.91 Å². The summed E-state index contributed by atoms with van der Waals surface area (Å²) < 4.78 is 5.40. The molecule has 29 heavy (non-hydrogen) atoms. The Balaban J connectivity index is 1.55. The number of benzene rings is 2. The second-order valence-electron chi connectivity index (χ2n) is 6.69. The van der Waals surface area contributed by atoms with E-state index in [0.717, 1.165) is 24.0 Å². The molecule has 0 saturated heterocycles. The Morgan fingerprint density at radius 2 is 1.55 bits per heavy atom. The number of hydrogen-bond donors (Lipinski definition) is 1. The van der Waals surface area contributed by atoms with Gasteiger partial charge >= 0.3 is 5.97 Å². The first-order valence-electron chi connectivity index (χ1n) is 9.68. The summed E-state index contributed by atoms with van der Waals surface area (Å²) in [6.45, 7) is 0.343. The second kappa shape index (κ2) is 10.8. The molecule has 0 aliphatic heterocycles. The van der Waals surface area contributed by atoms with Crippen LogP contribution in [0.4, 0.5) is 0 Å². The van der Waals surface area contributed by atoms with Gasteiger partial charge in [-0.1, -0.05) is 48.5 Å². The van der Waals surface area contributed by atoms with Crippen LogP contribution in [0.15, 0.2) is 85.2 Å². The second-order valence-corrected chi connectivity index (χ2v) is 6.69. The molecular formula is C24H24N2O3. The number of nitrogens with zero attached hydrogens (tertiary/aromatic N) is 1. The monoisotopic (exact) mass is 388 g/mol. The highest BCUT2D eigenvalue weighted by atomic mass is 16.5. The van der Waals surface area contributed by atoms with Crippen molar-refractivity contribution >= 4 is 11.9 Å². The predicted molar refractivity (Wildman–Crippen MR) is 111 cm³/mol. The Hall–Kier alpha value is -3.47. The van der Waals surface area contributed by atoms with Crippen LogP contribution in [0, 0.1) is 0 Å². The molecule has 5 heteroatoms. The molecule has 0 radical (unpaired) electrons. The van der Waals surface area contributed by atoms with Gasteiger partial charge in [0, 0.05) is 18.0 Å². The van der Waals surface area contributed by atoms with E-state index in [9.17, 15) is 9.59 Å². The van der Waals surface area contributed by atoms with Crippen molar-refractivity contribution in [3.63, 3.8) is 0 Å². The van der Waals surface area contributed by atoms with Crippen molar-refractivity contribution in [3.8, 4) is 0 Å². The number of aryl methyl sites for hydroxylation is 1. The number of esters is 1. The lowest BCUT2D eigenvalue weighted by Gasteiger charge is -2.19. The van der Waals surface area contributed by atoms with Gasteiger partial charge in [0.15, 0.2) is 0 Å². The SMILES string of the molecule is O=C(CC(NC(=O)c1ccccc1)c1ccccc1)OCCCc1ccncc1. The van der Waals surface area contributed by atoms with Crippen LogP contribution in [0.2, 0.25) is 0 Å². The Labute approximate surface area is 170 Å². The maximum absolute atomic E-state index is 12.6. The van der Waals surface area contributed by atoms with Gasteiger partial charge < -0.3 is 10.1 Å². The molecule has 0 bridgehead atoms. The van der Waals surface area contributed by atoms with Crippen molar-refractivity contribution in [3.05, 3.63) is 102 Å². The molecule has 0 fully saturated rings. The van der Waals surface area contributed by atoms with Gasteiger partial charge in [-0.3, -0.25) is 14.6 Å². The van der Waals surface area contributed by atoms with Crippen LogP contribution in [0.5, 0.6) is 0 Å². The zero-order valence-electron chi connectivity index (χ0n) is 16.2. The molecule has 5 nitrogen and oxygen atoms in total. The van der Waals surface area contributed by atoms with Crippen molar-refractivity contribution in [2.24, 2.45) is 0 Å². The summed E-state index contributed by atoms with van der Waals surface area (Å²) >= 11 is 0. The Bertz CT molecular complexity index is 899. The molecule has 0 aliphatic rings. The lowest BCUT2D eigenvalue weighted by molar-refractivity contribution is -0.144. The largest absolute Gasteiger partial charge is 0.466 e. The first-order chi connectivity index (χ1) is 14.2. The summed E-state index contributed by atoms with van der Waals surface area (Å²) in [5.41, 5.74) is 2.58. The van der Waals surface area contributed by atoms with E-state index in [1.54, 1.807) is 24.5 Å². The van der Waals surface area contributed by atoms with Gasteiger partial charge in [0.05, 0.1) is 19.1 Å². The number of carbonyl (C=O) groups excluding carboxylic acids is 2. The fraction of sp³-hybridized carbons (Fsp3) is 0.208. The molecule has 0 saturated carbocycles. The topological polar surface area (TPSA) is 68.3 Å². The van der Waals surface area contributed by atoms with E-state index in [0.29, 0.717) is 12.2 Å². The minimum atomic E-state index is -0.448. The van der Waals surface area contributed by atoms with Crippen LogP contribution in [-0.4, -0.2) is 23.5 Å². The van der Waals surface area contributed by atoms with E-state index < -0.39 is 6.04 Å². The molecular weight excluding hydrogens is 364 g/mol. The number of aromatic nitrogens is 1. The number of carbonyl (C=O) groups is 2. The molecule has 1 N–H and O–H groups in total. The lowest BCUT2D eigenvalue weighted by atomic mass is 10.0. The molecule has 0 aliphatic carbocycles. The predicted octanol–water partition coefficient (Wildman–Crippen LogP) is 4.12. The van der Waals surface area contributed by atoms with Crippen molar-refractivity contribution in [1.82, 2.24) is 10.3 Å². The molecule has 2 aromatic carbocycles. The molecule has 3 rings (SSSR count). The summed E-state index contributed by atoms with van der Waals surface area (Å²) in [4.78, 5) is 28.9. The van der Waals surface area contributed by atoms with Crippen LogP contribution in [0.25, 0.3) is 0 Å². The van der Waals surface area contributed by atoms with E-state index in [-0.39, 0.29) is 18.3 Å². The van der Waals surface area contributed by atoms with Crippen molar-refractivity contribution in [2.75, 3.05) is 6.61 Å². The van der Waals surface area contributed by atoms with Crippen molar-refractivity contribution in [2.45, 2.75) is 25.3 Å². The van der Waals surface area contributed by atoms with E-state index in [4.69, 9.17) is 4.74 Å². The molecule has 1 amide bonds. The average Bonchev–Trinajstić information content (AvgIpc) is 2.78. The van der Waals surface area contributed by atoms with Crippen LogP contribution >= 0.6 is 0 Å². The normalized spacial score (nSPS) is 11.4. The molecule has 0 spiro atoms. The quantitative estimate of drug-likeness (QED) is 0.442. The molecule has 1 heterocycles. The molecule has 1 unspecified atom stereocenters. The summed E-state index contributed by atoms with van der Waals surface area (Å²) in [6, 6.07) is 21.9. The Kier molecular flexibility index (Phi) is 7.52. The van der Waals surface area contributed by atoms with E-state index in [1.807, 2.05) is 60.7 Å². The van der Waals surface area contributed by atoms with E-state index in [2.05, 4.69) is 10.3 Å². The first kappa shape index (κ1) is 20.3. The highest BCUT2D eigenvalue weighted by Crippen LogP contribution is 2.18. The summed E-state index contributed by atoms with van der Waals surface area (Å²) in [7, 11) is 0. The molecule has 1 atom stereocenters. The first-order valence-corrected chi connectivity index (χ1v) is 9.68. The molecule has 3 aromatic rings. The number of nitrogens with one attached hydrogen (secondary N) is 1. The third-order valence-corrected chi connectivity index (χ3v) is 4.54. The van der Waals surface area contributed by atoms with Crippen LogP contribution < -0.4 is 5.32 Å². The van der Waals surface area contributed by atoms with Gasteiger partial charge in [-0.2, -0.15) is 0 Å². The van der Waals surface area contributed by atoms with Gasteiger partial charge in [0.2, 0.25) is 0 Å². The van der Waals surface area contributed by atoms with E-state index in [1.165, 1.54) is 0 Å². The Morgan fingerprint density at radius 3 is 2.24 bits per heavy atom. The summed E-state index contributed by atoms with van der Waals surface area (Å²) in [6.07, 6.45) is 5.14. The Morgan fingerprint density at radius 1 is 0.897 bits per heavy atom. The maximum Gasteiger partial charge on any atom is 0.308 e. The summed E-state index contributed by atoms with van der Waals surface area (Å²) in [5, 5.41) is 2.95. The van der Waals surface area contributed by atoms with Crippen LogP contribution in [0.3, 0.4) is 0 Å². The lowest BCUT2D eigenvalue weighted by Crippen LogP contribution is -2.30. The van der Waals surface area contributed by atoms with Crippen LogP contribution in [0.1, 0.15) is 40.4 Å². The van der Waals surface area contributed by atoms with Crippen molar-refractivity contribution < 1.29 is 14.3 Å². The summed E-state index contributed by atoms with van der Waals surface area (Å²) in [5.74, 6) is -0.549. The van der Waals surface area contributed by atoms with Gasteiger partial charge in [0.1, 0.15) is 0 Å². The fourth-order valence-electron chi connectivity index (χ4n) is 3.01. The zero-order chi connectivity index (χ0) is 20.3. The highest BCUT2D eigenvalue weighted by Gasteiger charge is 2.20. The third kappa shape index (κ3) is 6.57. The van der Waals surface area contributed by atoms with E-state index >= 15 is 0 Å². The average molecular weight is 388 g/mol. The number of pyridine rings is 1. The van der Waals surface area contributed by atoms with Gasteiger partial charge in [-0.25, -0.2) is 0 Å². The van der Waals surface area contributed by atoms with Gasteiger partial charge in [-0.15, -0.1) is 0 Å². The zero-order valence-corrected chi connectivity index (χ0v) is 16.2. The number of ether oxygens (including phenoxy) is 1. The van der Waals surface area contributed by atoms with Gasteiger partial charge in [-0.05, 0) is 48.2 Å². The number of rotatable bonds is 9. The highest BCUT2D eigenvalue weighted by molar-refractivity contribution is 5.94. The number of hydrogen-bond acceptors (Lipinski definition) is 4. The molecule has 1 aromatic heterocycles. The van der Waals surface area contributed by atoms with Crippen molar-refractivity contribution in [1.29, 1.82) is 0 Å². The maximum atomic E-state index is 12.6. The standard InChI is InChI=1S/C24H24N2O3/c27-23(29-17-7-8-19-13-15-25-16-14-19)18-22(20-9-3-1-4-10-20)26-24(28)21-11-5-2-6-12-21/h1-6,9-16,22H,7-8,17-18H2,(H,26,28). The third-order valence-electron chi connectivity index (χ3n) is 4.54. The van der Waals surface area contributed by atoms with Crippen LogP contribution in [-0.2, 0) is 16.0 Å². The number of amides is 1. The smallest absolute Gasteiger partial charge is 0.308 e. The minimum absolute atomic E-state index is 0.0812. The minimum Gasteiger partial charge on any atom is -0.466 e. The molecule has 148 valence electrons. The fourth-order valence-corrected chi connectivity index (χ4v) is 3.01.